The first kappa shape index (κ1) is 24.0. The number of carbonyl (C=O) groups excluding carboxylic acids is 1. The van der Waals surface area contributed by atoms with Gasteiger partial charge in [-0.15, -0.1) is 0 Å². The quantitative estimate of drug-likeness (QED) is 0.478. The van der Waals surface area contributed by atoms with Crippen LogP contribution in [0.25, 0.3) is 11.1 Å². The van der Waals surface area contributed by atoms with Crippen molar-refractivity contribution in [3.05, 3.63) is 83.7 Å². The van der Waals surface area contributed by atoms with E-state index in [1.54, 1.807) is 0 Å². The maximum Gasteiger partial charge on any atom is 0.286 e. The summed E-state index contributed by atoms with van der Waals surface area (Å²) >= 11 is 0. The van der Waals surface area contributed by atoms with Crippen molar-refractivity contribution >= 4 is 17.4 Å². The zero-order chi connectivity index (χ0) is 25.1. The van der Waals surface area contributed by atoms with Crippen LogP contribution in [0.2, 0.25) is 0 Å². The van der Waals surface area contributed by atoms with E-state index in [1.807, 2.05) is 30.2 Å². The number of carbonyl (C=O) groups is 1. The SMILES string of the molecule is CC1CN(Cc2ccc(-c3ccc(Cc4ccc(N5C(C(N)=O)=NN[C@@H]5C)cc4)cc3)cn2)CCN1. The number of hydrogen-bond acceptors (Lipinski definition) is 7. The highest BCUT2D eigenvalue weighted by Gasteiger charge is 2.29. The second kappa shape index (κ2) is 10.5. The lowest BCUT2D eigenvalue weighted by molar-refractivity contribution is -0.112. The summed E-state index contributed by atoms with van der Waals surface area (Å²) in [5.41, 5.74) is 15.1. The average Bonchev–Trinajstić information content (AvgIpc) is 3.27. The van der Waals surface area contributed by atoms with E-state index in [4.69, 9.17) is 10.7 Å². The number of anilines is 1. The second-order valence-electron chi connectivity index (χ2n) is 9.64. The molecule has 2 aliphatic rings. The molecule has 2 atom stereocenters. The standard InChI is InChI=1S/C28H33N7O/c1-19-17-34(14-13-30-19)18-25-10-9-24(16-31-25)23-7-3-21(4-8-23)15-22-5-11-26(12-6-22)35-20(2)32-33-28(35)27(29)36/h3-12,16,19-20,30,32H,13-15,17-18H2,1-2H3,(H2,29,36)/t19?,20-/m0/s1. The summed E-state index contributed by atoms with van der Waals surface area (Å²) < 4.78 is 0. The highest BCUT2D eigenvalue weighted by molar-refractivity contribution is 6.43. The van der Waals surface area contributed by atoms with E-state index in [-0.39, 0.29) is 12.0 Å². The number of hydrazone groups is 1. The van der Waals surface area contributed by atoms with Crippen molar-refractivity contribution < 1.29 is 4.79 Å². The van der Waals surface area contributed by atoms with Gasteiger partial charge in [0.1, 0.15) is 6.17 Å². The summed E-state index contributed by atoms with van der Waals surface area (Å²) in [5, 5.41) is 7.52. The van der Waals surface area contributed by atoms with Crippen LogP contribution in [0.1, 0.15) is 30.7 Å². The van der Waals surface area contributed by atoms with Crippen LogP contribution in [-0.4, -0.2) is 53.5 Å². The third kappa shape index (κ3) is 5.40. The molecule has 0 radical (unpaired) electrons. The van der Waals surface area contributed by atoms with Crippen LogP contribution in [0.4, 0.5) is 5.69 Å². The predicted molar refractivity (Wildman–Crippen MR) is 143 cm³/mol. The Morgan fingerprint density at radius 1 is 1.00 bits per heavy atom. The fourth-order valence-electron chi connectivity index (χ4n) is 4.87. The molecule has 1 fully saturated rings. The Kier molecular flexibility index (Phi) is 6.97. The second-order valence-corrected chi connectivity index (χ2v) is 9.64. The first-order valence-corrected chi connectivity index (χ1v) is 12.5. The Hall–Kier alpha value is -3.75. The first-order chi connectivity index (χ1) is 17.5. The molecule has 2 aliphatic heterocycles. The minimum Gasteiger partial charge on any atom is -0.363 e. The van der Waals surface area contributed by atoms with Gasteiger partial charge < -0.3 is 11.1 Å². The summed E-state index contributed by atoms with van der Waals surface area (Å²) in [6, 6.07) is 21.7. The van der Waals surface area contributed by atoms with Crippen LogP contribution in [0.3, 0.4) is 0 Å². The van der Waals surface area contributed by atoms with Crippen LogP contribution in [0, 0.1) is 0 Å². The number of aromatic nitrogens is 1. The molecule has 1 saturated heterocycles. The molecule has 5 rings (SSSR count). The minimum atomic E-state index is -0.546. The van der Waals surface area contributed by atoms with Gasteiger partial charge in [0.2, 0.25) is 5.84 Å². The molecule has 0 aliphatic carbocycles. The lowest BCUT2D eigenvalue weighted by atomic mass is 10.0. The van der Waals surface area contributed by atoms with Gasteiger partial charge in [-0.3, -0.25) is 25.0 Å². The van der Waals surface area contributed by atoms with Gasteiger partial charge in [0.25, 0.3) is 5.91 Å². The molecule has 186 valence electrons. The number of piperazine rings is 1. The van der Waals surface area contributed by atoms with E-state index in [0.717, 1.165) is 55.1 Å². The Bertz CT molecular complexity index is 1220. The van der Waals surface area contributed by atoms with Gasteiger partial charge in [-0.05, 0) is 55.2 Å². The van der Waals surface area contributed by atoms with Crippen molar-refractivity contribution in [2.24, 2.45) is 10.8 Å². The van der Waals surface area contributed by atoms with Crippen molar-refractivity contribution in [3.8, 4) is 11.1 Å². The molecule has 1 amide bonds. The lowest BCUT2D eigenvalue weighted by Crippen LogP contribution is -2.48. The van der Waals surface area contributed by atoms with Crippen molar-refractivity contribution in [3.63, 3.8) is 0 Å². The molecule has 1 unspecified atom stereocenters. The molecule has 36 heavy (non-hydrogen) atoms. The fourth-order valence-corrected chi connectivity index (χ4v) is 4.87. The summed E-state index contributed by atoms with van der Waals surface area (Å²) in [7, 11) is 0. The maximum absolute atomic E-state index is 11.7. The summed E-state index contributed by atoms with van der Waals surface area (Å²) in [6.07, 6.45) is 2.68. The minimum absolute atomic E-state index is 0.125. The van der Waals surface area contributed by atoms with Gasteiger partial charge in [0, 0.05) is 49.7 Å². The summed E-state index contributed by atoms with van der Waals surface area (Å²) in [5.74, 6) is -0.318. The zero-order valence-corrected chi connectivity index (χ0v) is 20.8. The van der Waals surface area contributed by atoms with Crippen molar-refractivity contribution in [1.29, 1.82) is 0 Å². The van der Waals surface area contributed by atoms with Gasteiger partial charge in [0.05, 0.1) is 5.69 Å². The number of hydrogen-bond donors (Lipinski definition) is 3. The van der Waals surface area contributed by atoms with Gasteiger partial charge >= 0.3 is 0 Å². The number of rotatable bonds is 7. The Labute approximate surface area is 212 Å². The van der Waals surface area contributed by atoms with E-state index in [1.165, 1.54) is 11.1 Å². The Morgan fingerprint density at radius 3 is 2.33 bits per heavy atom. The number of nitrogens with one attached hydrogen (secondary N) is 2. The molecule has 0 spiro atoms. The smallest absolute Gasteiger partial charge is 0.286 e. The normalized spacial score (nSPS) is 20.2. The molecular weight excluding hydrogens is 450 g/mol. The van der Waals surface area contributed by atoms with Crippen molar-refractivity contribution in [2.45, 2.75) is 39.0 Å². The van der Waals surface area contributed by atoms with Crippen LogP contribution in [-0.2, 0) is 17.8 Å². The Morgan fingerprint density at radius 2 is 1.69 bits per heavy atom. The Balaban J connectivity index is 1.20. The molecule has 1 aromatic heterocycles. The number of primary amides is 1. The maximum atomic E-state index is 11.7. The molecule has 3 heterocycles. The van der Waals surface area contributed by atoms with Crippen LogP contribution in [0.5, 0.6) is 0 Å². The van der Waals surface area contributed by atoms with E-state index in [2.05, 4.69) is 76.2 Å². The van der Waals surface area contributed by atoms with Gasteiger partial charge in [-0.25, -0.2) is 0 Å². The zero-order valence-electron chi connectivity index (χ0n) is 20.8. The largest absolute Gasteiger partial charge is 0.363 e. The van der Waals surface area contributed by atoms with Gasteiger partial charge in [-0.1, -0.05) is 42.5 Å². The van der Waals surface area contributed by atoms with Crippen LogP contribution < -0.4 is 21.4 Å². The van der Waals surface area contributed by atoms with E-state index in [0.29, 0.717) is 6.04 Å². The molecule has 4 N–H and O–H groups in total. The number of amides is 1. The van der Waals surface area contributed by atoms with E-state index < -0.39 is 5.91 Å². The highest BCUT2D eigenvalue weighted by atomic mass is 16.1. The number of nitrogens with zero attached hydrogens (tertiary/aromatic N) is 4. The fraction of sp³-hybridized carbons (Fsp3) is 0.321. The van der Waals surface area contributed by atoms with E-state index >= 15 is 0 Å². The topological polar surface area (TPSA) is 98.9 Å². The molecule has 2 aromatic carbocycles. The molecular formula is C28H33N7O. The average molecular weight is 484 g/mol. The molecule has 0 bridgehead atoms. The summed E-state index contributed by atoms with van der Waals surface area (Å²) in [4.78, 5) is 20.7. The van der Waals surface area contributed by atoms with Crippen molar-refractivity contribution in [1.82, 2.24) is 20.6 Å². The molecule has 8 nitrogen and oxygen atoms in total. The third-order valence-corrected chi connectivity index (χ3v) is 6.77. The number of pyridine rings is 1. The number of amidine groups is 1. The molecule has 8 heteroatoms. The van der Waals surface area contributed by atoms with Gasteiger partial charge in [-0.2, -0.15) is 5.10 Å². The van der Waals surface area contributed by atoms with Gasteiger partial charge in [0.15, 0.2) is 0 Å². The van der Waals surface area contributed by atoms with E-state index in [9.17, 15) is 4.79 Å². The predicted octanol–water partition coefficient (Wildman–Crippen LogP) is 2.69. The molecule has 0 saturated carbocycles. The number of benzene rings is 2. The summed E-state index contributed by atoms with van der Waals surface area (Å²) in [6.45, 7) is 8.22. The lowest BCUT2D eigenvalue weighted by Gasteiger charge is -2.31. The first-order valence-electron chi connectivity index (χ1n) is 12.5. The van der Waals surface area contributed by atoms with Crippen LogP contribution in [0.15, 0.2) is 72.0 Å². The van der Waals surface area contributed by atoms with Crippen molar-refractivity contribution in [2.75, 3.05) is 24.5 Å². The monoisotopic (exact) mass is 483 g/mol. The third-order valence-electron chi connectivity index (χ3n) is 6.77. The van der Waals surface area contributed by atoms with Crippen LogP contribution >= 0.6 is 0 Å². The highest BCUT2D eigenvalue weighted by Crippen LogP contribution is 2.24. The number of nitrogens with two attached hydrogens (primary N) is 1. The molecule has 3 aromatic rings.